The molecule has 1 N–H and O–H groups in total. The third-order valence-electron chi connectivity index (χ3n) is 5.44. The number of morpholine rings is 1. The molecule has 0 unspecified atom stereocenters. The molecule has 2 aromatic rings. The SMILES string of the molecule is C[C@@H]1CN(S(=O)(=O)c2cccc(C(=O)N[C@H]3CCSc4ccc(Cl)cc43)c2)C[C@H](C)O1. The zero-order valence-corrected chi connectivity index (χ0v) is 19.8. The van der Waals surface area contributed by atoms with Crippen LogP contribution in [-0.4, -0.2) is 49.7 Å². The summed E-state index contributed by atoms with van der Waals surface area (Å²) >= 11 is 7.90. The molecule has 2 aromatic carbocycles. The van der Waals surface area contributed by atoms with E-state index in [9.17, 15) is 13.2 Å². The van der Waals surface area contributed by atoms with Gasteiger partial charge < -0.3 is 10.1 Å². The Labute approximate surface area is 192 Å². The third kappa shape index (κ3) is 4.93. The minimum Gasteiger partial charge on any atom is -0.373 e. The summed E-state index contributed by atoms with van der Waals surface area (Å²) in [5.41, 5.74) is 1.31. The lowest BCUT2D eigenvalue weighted by Crippen LogP contribution is -2.48. The zero-order valence-electron chi connectivity index (χ0n) is 17.4. The topological polar surface area (TPSA) is 75.7 Å². The lowest BCUT2D eigenvalue weighted by Gasteiger charge is -2.34. The largest absolute Gasteiger partial charge is 0.373 e. The van der Waals surface area contributed by atoms with Crippen LogP contribution in [0.15, 0.2) is 52.3 Å². The molecule has 3 atom stereocenters. The third-order valence-corrected chi connectivity index (χ3v) is 8.62. The van der Waals surface area contributed by atoms with E-state index >= 15 is 0 Å². The number of nitrogens with one attached hydrogen (secondary N) is 1. The number of hydrogen-bond donors (Lipinski definition) is 1. The average Bonchev–Trinajstić information content (AvgIpc) is 2.73. The summed E-state index contributed by atoms with van der Waals surface area (Å²) < 4.78 is 33.4. The van der Waals surface area contributed by atoms with Gasteiger partial charge in [0.15, 0.2) is 0 Å². The van der Waals surface area contributed by atoms with Crippen LogP contribution in [0.5, 0.6) is 0 Å². The van der Waals surface area contributed by atoms with Crippen molar-refractivity contribution in [1.82, 2.24) is 9.62 Å². The van der Waals surface area contributed by atoms with Crippen molar-refractivity contribution in [3.63, 3.8) is 0 Å². The zero-order chi connectivity index (χ0) is 22.2. The highest BCUT2D eigenvalue weighted by Crippen LogP contribution is 2.37. The minimum atomic E-state index is -3.72. The van der Waals surface area contributed by atoms with E-state index < -0.39 is 10.0 Å². The molecule has 0 aliphatic carbocycles. The summed E-state index contributed by atoms with van der Waals surface area (Å²) in [5, 5.41) is 3.68. The number of nitrogens with zero attached hydrogens (tertiary/aromatic N) is 1. The molecule has 2 aliphatic rings. The fourth-order valence-electron chi connectivity index (χ4n) is 4.03. The van der Waals surface area contributed by atoms with Crippen LogP contribution in [0.3, 0.4) is 0 Å². The molecular weight excluding hydrogens is 456 g/mol. The van der Waals surface area contributed by atoms with E-state index in [1.807, 2.05) is 32.0 Å². The monoisotopic (exact) mass is 480 g/mol. The van der Waals surface area contributed by atoms with Crippen molar-refractivity contribution in [2.45, 2.75) is 48.3 Å². The van der Waals surface area contributed by atoms with Gasteiger partial charge in [0.2, 0.25) is 10.0 Å². The lowest BCUT2D eigenvalue weighted by atomic mass is 10.0. The molecule has 1 saturated heterocycles. The summed E-state index contributed by atoms with van der Waals surface area (Å²) in [7, 11) is -3.72. The van der Waals surface area contributed by atoms with E-state index in [-0.39, 0.29) is 29.1 Å². The van der Waals surface area contributed by atoms with Crippen molar-refractivity contribution >= 4 is 39.3 Å². The molecule has 2 aliphatic heterocycles. The van der Waals surface area contributed by atoms with Gasteiger partial charge in [-0.1, -0.05) is 17.7 Å². The van der Waals surface area contributed by atoms with Crippen LogP contribution in [0.4, 0.5) is 0 Å². The summed E-state index contributed by atoms with van der Waals surface area (Å²) in [6.45, 7) is 4.30. The normalized spacial score (nSPS) is 24.4. The second kappa shape index (κ2) is 9.11. The van der Waals surface area contributed by atoms with Gasteiger partial charge >= 0.3 is 0 Å². The molecule has 0 aromatic heterocycles. The molecule has 166 valence electrons. The summed E-state index contributed by atoms with van der Waals surface area (Å²) in [5.74, 6) is 0.588. The van der Waals surface area contributed by atoms with Gasteiger partial charge in [-0.25, -0.2) is 8.42 Å². The molecule has 0 bridgehead atoms. The number of halogens is 1. The molecular formula is C22H25ClN2O4S2. The number of carbonyl (C=O) groups is 1. The number of amides is 1. The van der Waals surface area contributed by atoms with Crippen molar-refractivity contribution in [3.05, 3.63) is 58.6 Å². The molecule has 0 radical (unpaired) electrons. The van der Waals surface area contributed by atoms with E-state index in [1.165, 1.54) is 16.4 Å². The standard InChI is InChI=1S/C22H25ClN2O4S2/c1-14-12-25(13-15(2)29-14)31(27,28)18-5-3-4-16(10-18)22(26)24-20-8-9-30-21-7-6-17(23)11-19(20)21/h3-7,10-11,14-15,20H,8-9,12-13H2,1-2H3,(H,24,26)/t14-,15+,20-/m0/s1. The molecule has 6 nitrogen and oxygen atoms in total. The predicted octanol–water partition coefficient (Wildman–Crippen LogP) is 4.10. The van der Waals surface area contributed by atoms with E-state index in [0.29, 0.717) is 23.7 Å². The number of rotatable bonds is 4. The highest BCUT2D eigenvalue weighted by Gasteiger charge is 2.32. The molecule has 31 heavy (non-hydrogen) atoms. The predicted molar refractivity (Wildman–Crippen MR) is 122 cm³/mol. The molecule has 4 rings (SSSR count). The summed E-state index contributed by atoms with van der Waals surface area (Å²) in [4.78, 5) is 14.2. The van der Waals surface area contributed by atoms with Crippen molar-refractivity contribution in [2.24, 2.45) is 0 Å². The number of fused-ring (bicyclic) bond motifs is 1. The summed E-state index contributed by atoms with van der Waals surface area (Å²) in [6.07, 6.45) is 0.424. The van der Waals surface area contributed by atoms with Crippen LogP contribution in [0.25, 0.3) is 0 Å². The number of thioether (sulfide) groups is 1. The van der Waals surface area contributed by atoms with Crippen LogP contribution in [0.2, 0.25) is 5.02 Å². The Morgan fingerprint density at radius 3 is 2.65 bits per heavy atom. The first-order chi connectivity index (χ1) is 14.7. The highest BCUT2D eigenvalue weighted by molar-refractivity contribution is 7.99. The maximum atomic E-state index is 13.2. The number of ether oxygens (including phenoxy) is 1. The number of carbonyl (C=O) groups excluding carboxylic acids is 1. The summed E-state index contributed by atoms with van der Waals surface area (Å²) in [6, 6.07) is 11.8. The van der Waals surface area contributed by atoms with Gasteiger partial charge in [0, 0.05) is 34.3 Å². The van der Waals surface area contributed by atoms with Crippen molar-refractivity contribution < 1.29 is 17.9 Å². The molecule has 1 amide bonds. The van der Waals surface area contributed by atoms with Gasteiger partial charge in [0.25, 0.3) is 5.91 Å². The number of sulfonamides is 1. The quantitative estimate of drug-likeness (QED) is 0.712. The number of benzene rings is 2. The van der Waals surface area contributed by atoms with Gasteiger partial charge in [-0.05, 0) is 62.2 Å². The smallest absolute Gasteiger partial charge is 0.251 e. The fraction of sp³-hybridized carbons (Fsp3) is 0.409. The Kier molecular flexibility index (Phi) is 6.65. The average molecular weight is 481 g/mol. The van der Waals surface area contributed by atoms with Gasteiger partial charge in [-0.2, -0.15) is 4.31 Å². The Hall–Kier alpha value is -1.58. The van der Waals surface area contributed by atoms with Crippen LogP contribution in [0, 0.1) is 0 Å². The molecule has 9 heteroatoms. The van der Waals surface area contributed by atoms with Gasteiger partial charge in [0.05, 0.1) is 23.1 Å². The van der Waals surface area contributed by atoms with E-state index in [2.05, 4.69) is 5.32 Å². The maximum Gasteiger partial charge on any atom is 0.251 e. The van der Waals surface area contributed by atoms with E-state index in [1.54, 1.807) is 23.9 Å². The van der Waals surface area contributed by atoms with Crippen molar-refractivity contribution in [1.29, 1.82) is 0 Å². The first kappa shape index (κ1) is 22.6. The van der Waals surface area contributed by atoms with Crippen LogP contribution < -0.4 is 5.32 Å². The maximum absolute atomic E-state index is 13.2. The molecule has 0 spiro atoms. The van der Waals surface area contributed by atoms with E-state index in [0.717, 1.165) is 22.6 Å². The minimum absolute atomic E-state index is 0.115. The highest BCUT2D eigenvalue weighted by atomic mass is 35.5. The Morgan fingerprint density at radius 2 is 1.90 bits per heavy atom. The second-order valence-corrected chi connectivity index (χ2v) is 11.5. The first-order valence-corrected chi connectivity index (χ1v) is 13.0. The van der Waals surface area contributed by atoms with Gasteiger partial charge in [-0.3, -0.25) is 4.79 Å². The number of hydrogen-bond acceptors (Lipinski definition) is 5. The molecule has 1 fully saturated rings. The van der Waals surface area contributed by atoms with Crippen molar-refractivity contribution in [2.75, 3.05) is 18.8 Å². The van der Waals surface area contributed by atoms with Gasteiger partial charge in [0.1, 0.15) is 0 Å². The first-order valence-electron chi connectivity index (χ1n) is 10.2. The fourth-order valence-corrected chi connectivity index (χ4v) is 6.95. The van der Waals surface area contributed by atoms with Crippen LogP contribution in [-0.2, 0) is 14.8 Å². The second-order valence-electron chi connectivity index (χ2n) is 7.95. The van der Waals surface area contributed by atoms with Crippen LogP contribution >= 0.6 is 23.4 Å². The van der Waals surface area contributed by atoms with Crippen molar-refractivity contribution in [3.8, 4) is 0 Å². The Morgan fingerprint density at radius 1 is 1.16 bits per heavy atom. The van der Waals surface area contributed by atoms with Crippen LogP contribution in [0.1, 0.15) is 42.2 Å². The van der Waals surface area contributed by atoms with E-state index in [4.69, 9.17) is 16.3 Å². The Balaban J connectivity index is 1.55. The Bertz CT molecular complexity index is 1080. The van der Waals surface area contributed by atoms with Gasteiger partial charge in [-0.15, -0.1) is 11.8 Å². The molecule has 0 saturated carbocycles. The molecule has 2 heterocycles. The lowest BCUT2D eigenvalue weighted by molar-refractivity contribution is -0.0440.